The van der Waals surface area contributed by atoms with Crippen molar-refractivity contribution in [1.82, 2.24) is 10.6 Å². The van der Waals surface area contributed by atoms with Gasteiger partial charge in [-0.1, -0.05) is 6.92 Å². The average molecular weight is 341 g/mol. The largest absolute Gasteiger partial charge is 0.496 e. The number of hydrogen-bond donors (Lipinski definition) is 2. The van der Waals surface area contributed by atoms with Crippen LogP contribution in [-0.4, -0.2) is 32.7 Å². The minimum Gasteiger partial charge on any atom is -0.496 e. The highest BCUT2D eigenvalue weighted by atomic mass is 79.9. The molecule has 2 N–H and O–H groups in total. The molecule has 1 fully saturated rings. The molecule has 1 saturated heterocycles. The van der Waals surface area contributed by atoms with Gasteiger partial charge in [-0.05, 0) is 65.5 Å². The van der Waals surface area contributed by atoms with Crippen LogP contribution in [0.4, 0.5) is 0 Å². The zero-order valence-electron chi connectivity index (χ0n) is 12.0. The van der Waals surface area contributed by atoms with Crippen molar-refractivity contribution in [3.8, 4) is 5.75 Å². The number of ether oxygens (including phenoxy) is 1. The second kappa shape index (κ2) is 6.59. The summed E-state index contributed by atoms with van der Waals surface area (Å²) in [6, 6.07) is 5.37. The summed E-state index contributed by atoms with van der Waals surface area (Å²) in [6.45, 7) is 5.01. The zero-order valence-corrected chi connectivity index (χ0v) is 13.5. The van der Waals surface area contributed by atoms with Gasteiger partial charge in [0.25, 0.3) is 5.91 Å². The van der Waals surface area contributed by atoms with Crippen molar-refractivity contribution >= 4 is 21.8 Å². The number of carbonyl (C=O) groups excluding carboxylic acids is 1. The maximum absolute atomic E-state index is 12.2. The van der Waals surface area contributed by atoms with Gasteiger partial charge in [0.05, 0.1) is 11.6 Å². The van der Waals surface area contributed by atoms with Crippen LogP contribution in [0.5, 0.6) is 5.75 Å². The molecule has 0 unspecified atom stereocenters. The molecule has 0 atom stereocenters. The molecule has 1 amide bonds. The number of methoxy groups -OCH3 is 1. The van der Waals surface area contributed by atoms with Crippen molar-refractivity contribution in [2.24, 2.45) is 5.41 Å². The molecule has 0 aliphatic carbocycles. The molecule has 20 heavy (non-hydrogen) atoms. The first kappa shape index (κ1) is 15.3. The number of amides is 1. The predicted octanol–water partition coefficient (Wildman–Crippen LogP) is 2.58. The molecule has 1 aromatic carbocycles. The minimum atomic E-state index is -0.0342. The van der Waals surface area contributed by atoms with Crippen molar-refractivity contribution in [3.05, 3.63) is 28.2 Å². The van der Waals surface area contributed by atoms with Crippen LogP contribution in [0.2, 0.25) is 0 Å². The van der Waals surface area contributed by atoms with Crippen molar-refractivity contribution in [3.63, 3.8) is 0 Å². The lowest BCUT2D eigenvalue weighted by Crippen LogP contribution is -2.42. The summed E-state index contributed by atoms with van der Waals surface area (Å²) in [7, 11) is 1.61. The fourth-order valence-electron chi connectivity index (χ4n) is 2.41. The van der Waals surface area contributed by atoms with Gasteiger partial charge in [-0.3, -0.25) is 4.79 Å². The molecule has 110 valence electrons. The van der Waals surface area contributed by atoms with Crippen LogP contribution in [0.25, 0.3) is 0 Å². The smallest absolute Gasteiger partial charge is 0.251 e. The van der Waals surface area contributed by atoms with Gasteiger partial charge in [-0.25, -0.2) is 0 Å². The summed E-state index contributed by atoms with van der Waals surface area (Å²) in [4.78, 5) is 12.2. The fraction of sp³-hybridized carbons (Fsp3) is 0.533. The van der Waals surface area contributed by atoms with E-state index in [1.807, 2.05) is 0 Å². The Kier molecular flexibility index (Phi) is 5.05. The van der Waals surface area contributed by atoms with Gasteiger partial charge in [0.15, 0.2) is 0 Å². The normalized spacial score (nSPS) is 17.6. The number of hydrogen-bond acceptors (Lipinski definition) is 3. The van der Waals surface area contributed by atoms with Crippen molar-refractivity contribution in [2.75, 3.05) is 26.7 Å². The van der Waals surface area contributed by atoms with Crippen molar-refractivity contribution < 1.29 is 9.53 Å². The van der Waals surface area contributed by atoms with Gasteiger partial charge >= 0.3 is 0 Å². The zero-order chi connectivity index (χ0) is 14.6. The summed E-state index contributed by atoms with van der Waals surface area (Å²) < 4.78 is 5.96. The van der Waals surface area contributed by atoms with Crippen LogP contribution in [0, 0.1) is 5.41 Å². The van der Waals surface area contributed by atoms with Gasteiger partial charge in [0.2, 0.25) is 0 Å². The third-order valence-corrected chi connectivity index (χ3v) is 4.52. The maximum Gasteiger partial charge on any atom is 0.251 e. The van der Waals surface area contributed by atoms with E-state index in [0.29, 0.717) is 5.56 Å². The second-order valence-electron chi connectivity index (χ2n) is 5.59. The van der Waals surface area contributed by atoms with Gasteiger partial charge in [0.1, 0.15) is 5.75 Å². The van der Waals surface area contributed by atoms with Crippen molar-refractivity contribution in [2.45, 2.75) is 19.8 Å². The topological polar surface area (TPSA) is 50.4 Å². The Morgan fingerprint density at radius 3 is 2.75 bits per heavy atom. The van der Waals surface area contributed by atoms with E-state index >= 15 is 0 Å². The minimum absolute atomic E-state index is 0.0342. The summed E-state index contributed by atoms with van der Waals surface area (Å²) in [5, 5.41) is 6.39. The first-order valence-electron chi connectivity index (χ1n) is 6.86. The molecule has 2 rings (SSSR count). The highest BCUT2D eigenvalue weighted by molar-refractivity contribution is 9.10. The number of halogens is 1. The van der Waals surface area contributed by atoms with E-state index in [0.717, 1.165) is 42.7 Å². The van der Waals surface area contributed by atoms with Crippen LogP contribution in [0.3, 0.4) is 0 Å². The first-order chi connectivity index (χ1) is 9.54. The lowest BCUT2D eigenvalue weighted by atomic mass is 9.81. The maximum atomic E-state index is 12.2. The van der Waals surface area contributed by atoms with Crippen LogP contribution >= 0.6 is 15.9 Å². The number of rotatable bonds is 4. The van der Waals surface area contributed by atoms with Gasteiger partial charge in [-0.2, -0.15) is 0 Å². The molecule has 0 aromatic heterocycles. The third-order valence-electron chi connectivity index (χ3n) is 3.90. The SMILES string of the molecule is COc1ccc(C(=O)NCC2(C)CCNCC2)cc1Br. The molecule has 1 aromatic rings. The molecular formula is C15H21BrN2O2. The Labute approximate surface area is 128 Å². The van der Waals surface area contributed by atoms with E-state index in [4.69, 9.17) is 4.74 Å². The van der Waals surface area contributed by atoms with Crippen molar-refractivity contribution in [1.29, 1.82) is 0 Å². The van der Waals surface area contributed by atoms with Crippen LogP contribution < -0.4 is 15.4 Å². The van der Waals surface area contributed by atoms with E-state index in [2.05, 4.69) is 33.5 Å². The van der Waals surface area contributed by atoms with E-state index in [-0.39, 0.29) is 11.3 Å². The Hall–Kier alpha value is -1.07. The summed E-state index contributed by atoms with van der Waals surface area (Å²) in [5.41, 5.74) is 0.847. The van der Waals surface area contributed by atoms with Gasteiger partial charge in [-0.15, -0.1) is 0 Å². The molecule has 4 nitrogen and oxygen atoms in total. The van der Waals surface area contributed by atoms with E-state index in [1.165, 1.54) is 0 Å². The quantitative estimate of drug-likeness (QED) is 0.885. The Bertz CT molecular complexity index is 485. The molecular weight excluding hydrogens is 320 g/mol. The number of piperidine rings is 1. The Morgan fingerprint density at radius 2 is 2.15 bits per heavy atom. The molecule has 0 spiro atoms. The molecule has 0 radical (unpaired) electrons. The molecule has 1 heterocycles. The monoisotopic (exact) mass is 340 g/mol. The van der Waals surface area contributed by atoms with Gasteiger partial charge < -0.3 is 15.4 Å². The first-order valence-corrected chi connectivity index (χ1v) is 7.66. The lowest BCUT2D eigenvalue weighted by Gasteiger charge is -2.34. The highest BCUT2D eigenvalue weighted by Crippen LogP contribution is 2.28. The van der Waals surface area contributed by atoms with Crippen LogP contribution in [-0.2, 0) is 0 Å². The summed E-state index contributed by atoms with van der Waals surface area (Å²) in [5.74, 6) is 0.694. The van der Waals surface area contributed by atoms with Gasteiger partial charge in [0, 0.05) is 12.1 Å². The molecule has 1 aliphatic rings. The standard InChI is InChI=1S/C15H21BrN2O2/c1-15(5-7-17-8-6-15)10-18-14(19)11-3-4-13(20-2)12(16)9-11/h3-4,9,17H,5-8,10H2,1-2H3,(H,18,19). The van der Waals surface area contributed by atoms with E-state index in [9.17, 15) is 4.79 Å². The van der Waals surface area contributed by atoms with E-state index in [1.54, 1.807) is 25.3 Å². The van der Waals surface area contributed by atoms with Crippen LogP contribution in [0.15, 0.2) is 22.7 Å². The van der Waals surface area contributed by atoms with Crippen LogP contribution in [0.1, 0.15) is 30.1 Å². The number of carbonyl (C=O) groups is 1. The Morgan fingerprint density at radius 1 is 1.45 bits per heavy atom. The predicted molar refractivity (Wildman–Crippen MR) is 83.2 cm³/mol. The highest BCUT2D eigenvalue weighted by Gasteiger charge is 2.27. The molecule has 0 saturated carbocycles. The summed E-state index contributed by atoms with van der Waals surface area (Å²) in [6.07, 6.45) is 2.19. The molecule has 5 heteroatoms. The Balaban J connectivity index is 1.96. The molecule has 0 bridgehead atoms. The third kappa shape index (κ3) is 3.73. The average Bonchev–Trinajstić information content (AvgIpc) is 2.45. The number of benzene rings is 1. The number of nitrogens with one attached hydrogen (secondary N) is 2. The lowest BCUT2D eigenvalue weighted by molar-refractivity contribution is 0.0922. The second-order valence-corrected chi connectivity index (χ2v) is 6.45. The molecule has 1 aliphatic heterocycles. The summed E-state index contributed by atoms with van der Waals surface area (Å²) >= 11 is 3.40. The van der Waals surface area contributed by atoms with E-state index < -0.39 is 0 Å². The fourth-order valence-corrected chi connectivity index (χ4v) is 2.95.